The molecule has 0 aromatic rings. The highest BCUT2D eigenvalue weighted by atomic mass is 16.5. The van der Waals surface area contributed by atoms with Gasteiger partial charge in [-0.3, -0.25) is 4.99 Å². The maximum absolute atomic E-state index is 5.05. The molecule has 0 aromatic heterocycles. The molecule has 0 amide bonds. The molecule has 0 rings (SSSR count). The quantitative estimate of drug-likeness (QED) is 0.371. The molecule has 2 N–H and O–H groups in total. The lowest BCUT2D eigenvalue weighted by Crippen LogP contribution is -2.44. The van der Waals surface area contributed by atoms with Gasteiger partial charge in [-0.2, -0.15) is 0 Å². The topological polar surface area (TPSA) is 48.9 Å². The van der Waals surface area contributed by atoms with Gasteiger partial charge in [0.2, 0.25) is 0 Å². The summed E-state index contributed by atoms with van der Waals surface area (Å²) in [6.45, 7) is 4.75. The molecule has 0 aliphatic rings. The van der Waals surface area contributed by atoms with Crippen molar-refractivity contribution in [2.75, 3.05) is 47.9 Å². The maximum Gasteiger partial charge on any atom is 0.191 e. The van der Waals surface area contributed by atoms with Gasteiger partial charge in [-0.1, -0.05) is 0 Å². The number of nitrogens with one attached hydrogen (secondary N) is 2. The minimum absolute atomic E-state index is 0.269. The van der Waals surface area contributed by atoms with E-state index < -0.39 is 0 Å². The van der Waals surface area contributed by atoms with Gasteiger partial charge < -0.3 is 20.3 Å². The summed E-state index contributed by atoms with van der Waals surface area (Å²) < 4.78 is 5.05. The molecule has 5 nitrogen and oxygen atoms in total. The summed E-state index contributed by atoms with van der Waals surface area (Å²) in [5.41, 5.74) is 0. The Morgan fingerprint density at radius 2 is 2.12 bits per heavy atom. The first-order valence-electron chi connectivity index (χ1n) is 5.71. The van der Waals surface area contributed by atoms with Crippen LogP contribution in [-0.2, 0) is 4.74 Å². The van der Waals surface area contributed by atoms with Crippen LogP contribution in [0.5, 0.6) is 0 Å². The predicted octanol–water partition coefficient (Wildman–Crippen LogP) is 0.138. The lowest BCUT2D eigenvalue weighted by atomic mass is 10.3. The molecule has 0 saturated carbocycles. The van der Waals surface area contributed by atoms with E-state index in [0.717, 1.165) is 25.5 Å². The number of methoxy groups -OCH3 is 1. The van der Waals surface area contributed by atoms with Gasteiger partial charge in [-0.05, 0) is 34.0 Å². The maximum atomic E-state index is 5.05. The highest BCUT2D eigenvalue weighted by Crippen LogP contribution is 1.84. The molecule has 0 fully saturated rings. The van der Waals surface area contributed by atoms with E-state index in [0.29, 0.717) is 6.61 Å². The van der Waals surface area contributed by atoms with Crippen LogP contribution in [-0.4, -0.2) is 64.9 Å². The van der Waals surface area contributed by atoms with Gasteiger partial charge in [0.1, 0.15) is 0 Å². The SMILES string of the molecule is CN=C(NCCCN(C)C)NC(C)COC. The number of hydrogen-bond donors (Lipinski definition) is 2. The van der Waals surface area contributed by atoms with Crippen molar-refractivity contribution in [1.29, 1.82) is 0 Å². The van der Waals surface area contributed by atoms with Crippen LogP contribution in [0, 0.1) is 0 Å². The molecule has 0 aliphatic carbocycles. The largest absolute Gasteiger partial charge is 0.383 e. The first kappa shape index (κ1) is 15.2. The molecule has 16 heavy (non-hydrogen) atoms. The van der Waals surface area contributed by atoms with Gasteiger partial charge in [-0.25, -0.2) is 0 Å². The normalized spacial score (nSPS) is 14.0. The van der Waals surface area contributed by atoms with Gasteiger partial charge in [0.25, 0.3) is 0 Å². The molecule has 0 aliphatic heterocycles. The number of guanidine groups is 1. The molecular formula is C11H26N4O. The first-order chi connectivity index (χ1) is 7.60. The third kappa shape index (κ3) is 8.49. The average molecular weight is 230 g/mol. The van der Waals surface area contributed by atoms with Gasteiger partial charge in [0, 0.05) is 26.7 Å². The fraction of sp³-hybridized carbons (Fsp3) is 0.909. The van der Waals surface area contributed by atoms with Crippen LogP contribution >= 0.6 is 0 Å². The van der Waals surface area contributed by atoms with Crippen molar-refractivity contribution in [3.05, 3.63) is 0 Å². The summed E-state index contributed by atoms with van der Waals surface area (Å²) in [7, 11) is 7.63. The van der Waals surface area contributed by atoms with Crippen LogP contribution in [0.15, 0.2) is 4.99 Å². The molecule has 96 valence electrons. The molecule has 0 radical (unpaired) electrons. The van der Waals surface area contributed by atoms with Crippen LogP contribution in [0.4, 0.5) is 0 Å². The zero-order valence-corrected chi connectivity index (χ0v) is 11.2. The Morgan fingerprint density at radius 1 is 1.44 bits per heavy atom. The summed E-state index contributed by atoms with van der Waals surface area (Å²) in [4.78, 5) is 6.32. The Kier molecular flexibility index (Phi) is 8.94. The van der Waals surface area contributed by atoms with Crippen LogP contribution in [0.2, 0.25) is 0 Å². The van der Waals surface area contributed by atoms with Gasteiger partial charge >= 0.3 is 0 Å². The second-order valence-electron chi connectivity index (χ2n) is 4.16. The fourth-order valence-corrected chi connectivity index (χ4v) is 1.32. The summed E-state index contributed by atoms with van der Waals surface area (Å²) >= 11 is 0. The molecular weight excluding hydrogens is 204 g/mol. The minimum atomic E-state index is 0.269. The third-order valence-corrected chi connectivity index (χ3v) is 2.10. The number of rotatable bonds is 7. The molecule has 1 atom stereocenters. The molecule has 0 aromatic carbocycles. The molecule has 0 spiro atoms. The minimum Gasteiger partial charge on any atom is -0.383 e. The summed E-state index contributed by atoms with van der Waals surface area (Å²) in [6, 6.07) is 0.269. The van der Waals surface area contributed by atoms with Crippen LogP contribution in [0.3, 0.4) is 0 Å². The first-order valence-corrected chi connectivity index (χ1v) is 5.71. The second-order valence-corrected chi connectivity index (χ2v) is 4.16. The van der Waals surface area contributed by atoms with Crippen molar-refractivity contribution in [2.45, 2.75) is 19.4 Å². The van der Waals surface area contributed by atoms with Crippen molar-refractivity contribution >= 4 is 5.96 Å². The van der Waals surface area contributed by atoms with E-state index in [1.54, 1.807) is 14.2 Å². The zero-order chi connectivity index (χ0) is 12.4. The van der Waals surface area contributed by atoms with Crippen LogP contribution in [0.1, 0.15) is 13.3 Å². The second kappa shape index (κ2) is 9.42. The molecule has 5 heteroatoms. The Balaban J connectivity index is 3.68. The van der Waals surface area contributed by atoms with E-state index in [1.807, 2.05) is 0 Å². The van der Waals surface area contributed by atoms with E-state index in [4.69, 9.17) is 4.74 Å². The van der Waals surface area contributed by atoms with E-state index in [2.05, 4.69) is 41.5 Å². The van der Waals surface area contributed by atoms with Crippen LogP contribution in [0.25, 0.3) is 0 Å². The average Bonchev–Trinajstić information content (AvgIpc) is 2.22. The Hall–Kier alpha value is -0.810. The predicted molar refractivity (Wildman–Crippen MR) is 69.0 cm³/mol. The Bertz CT molecular complexity index is 194. The summed E-state index contributed by atoms with van der Waals surface area (Å²) in [5, 5.41) is 6.53. The smallest absolute Gasteiger partial charge is 0.191 e. The standard InChI is InChI=1S/C11H26N4O/c1-10(9-16-5)14-11(12-2)13-7-6-8-15(3)4/h10H,6-9H2,1-5H3,(H2,12,13,14). The lowest BCUT2D eigenvalue weighted by Gasteiger charge is -2.17. The summed E-state index contributed by atoms with van der Waals surface area (Å²) in [5.74, 6) is 0.836. The number of aliphatic imine (C=N–C) groups is 1. The number of hydrogen-bond acceptors (Lipinski definition) is 3. The third-order valence-electron chi connectivity index (χ3n) is 2.10. The van der Waals surface area contributed by atoms with E-state index in [-0.39, 0.29) is 6.04 Å². The fourth-order valence-electron chi connectivity index (χ4n) is 1.32. The van der Waals surface area contributed by atoms with Crippen molar-refractivity contribution in [1.82, 2.24) is 15.5 Å². The molecule has 0 heterocycles. The number of ether oxygens (including phenoxy) is 1. The van der Waals surface area contributed by atoms with E-state index in [9.17, 15) is 0 Å². The Labute approximate surface area is 99.3 Å². The van der Waals surface area contributed by atoms with Gasteiger partial charge in [0.05, 0.1) is 6.61 Å². The highest BCUT2D eigenvalue weighted by Gasteiger charge is 2.03. The lowest BCUT2D eigenvalue weighted by molar-refractivity contribution is 0.179. The number of nitrogens with zero attached hydrogens (tertiary/aromatic N) is 2. The molecule has 0 bridgehead atoms. The summed E-state index contributed by atoms with van der Waals surface area (Å²) in [6.07, 6.45) is 1.10. The van der Waals surface area contributed by atoms with E-state index in [1.165, 1.54) is 0 Å². The van der Waals surface area contributed by atoms with Gasteiger partial charge in [-0.15, -0.1) is 0 Å². The van der Waals surface area contributed by atoms with Gasteiger partial charge in [0.15, 0.2) is 5.96 Å². The van der Waals surface area contributed by atoms with Crippen molar-refractivity contribution in [3.63, 3.8) is 0 Å². The monoisotopic (exact) mass is 230 g/mol. The molecule has 0 saturated heterocycles. The Morgan fingerprint density at radius 3 is 2.62 bits per heavy atom. The van der Waals surface area contributed by atoms with Crippen molar-refractivity contribution in [2.24, 2.45) is 4.99 Å². The zero-order valence-electron chi connectivity index (χ0n) is 11.2. The van der Waals surface area contributed by atoms with Crippen molar-refractivity contribution in [3.8, 4) is 0 Å². The van der Waals surface area contributed by atoms with Crippen LogP contribution < -0.4 is 10.6 Å². The highest BCUT2D eigenvalue weighted by molar-refractivity contribution is 5.79. The van der Waals surface area contributed by atoms with Crippen molar-refractivity contribution < 1.29 is 4.74 Å². The van der Waals surface area contributed by atoms with E-state index >= 15 is 0 Å². The molecule has 1 unspecified atom stereocenters.